The number of hydrogen-bond donors (Lipinski definition) is 0. The molecule has 0 unspecified atom stereocenters. The number of ether oxygens (including phenoxy) is 2. The van der Waals surface area contributed by atoms with Crippen molar-refractivity contribution in [1.29, 1.82) is 0 Å². The Morgan fingerprint density at radius 2 is 1.64 bits per heavy atom. The Morgan fingerprint density at radius 1 is 0.929 bits per heavy atom. The lowest BCUT2D eigenvalue weighted by Gasteiger charge is -2.06. The second kappa shape index (κ2) is 9.01. The molecule has 142 valence electrons. The first kappa shape index (κ1) is 19.4. The molecule has 1 heterocycles. The van der Waals surface area contributed by atoms with Gasteiger partial charge in [-0.15, -0.1) is 0 Å². The highest BCUT2D eigenvalue weighted by atomic mass is 35.5. The van der Waals surface area contributed by atoms with Gasteiger partial charge in [0, 0.05) is 10.6 Å². The Morgan fingerprint density at radius 3 is 2.29 bits per heavy atom. The molecule has 3 aromatic rings. The molecule has 0 aliphatic heterocycles. The smallest absolute Gasteiger partial charge is 0.379 e. The number of carbonyl (C=O) groups is 3. The van der Waals surface area contributed by atoms with E-state index in [1.165, 1.54) is 36.6 Å². The number of esters is 2. The molecule has 0 spiro atoms. The Balaban J connectivity index is 1.49. The number of carbonyl (C=O) groups excluding carboxylic acids is 3. The van der Waals surface area contributed by atoms with Crippen LogP contribution < -0.4 is 4.74 Å². The third-order valence-electron chi connectivity index (χ3n) is 3.74. The molecule has 0 amide bonds. The van der Waals surface area contributed by atoms with E-state index in [9.17, 15) is 14.4 Å². The van der Waals surface area contributed by atoms with Crippen LogP contribution in [0.2, 0.25) is 5.02 Å². The summed E-state index contributed by atoms with van der Waals surface area (Å²) in [6.45, 7) is -0.377. The molecule has 0 saturated carbocycles. The first-order valence-electron chi connectivity index (χ1n) is 8.30. The molecule has 0 aliphatic carbocycles. The van der Waals surface area contributed by atoms with Crippen LogP contribution in [0.25, 0.3) is 0 Å². The van der Waals surface area contributed by atoms with E-state index in [1.54, 1.807) is 30.3 Å². The Bertz CT molecular complexity index is 959. The highest BCUT2D eigenvalue weighted by Gasteiger charge is 2.13. The quantitative estimate of drug-likeness (QED) is 0.338. The Labute approximate surface area is 165 Å². The molecule has 6 nitrogen and oxygen atoms in total. The number of furan rings is 1. The van der Waals surface area contributed by atoms with Crippen LogP contribution in [0.4, 0.5) is 0 Å². The minimum Gasteiger partial charge on any atom is -0.457 e. The van der Waals surface area contributed by atoms with E-state index in [4.69, 9.17) is 25.5 Å². The van der Waals surface area contributed by atoms with Crippen molar-refractivity contribution in [3.63, 3.8) is 0 Å². The number of rotatable bonds is 7. The summed E-state index contributed by atoms with van der Waals surface area (Å²) in [5, 5.41) is 0.575. The van der Waals surface area contributed by atoms with Gasteiger partial charge in [0.1, 0.15) is 5.75 Å². The van der Waals surface area contributed by atoms with E-state index in [0.717, 1.165) is 5.56 Å². The standard InChI is InChI=1S/C21H15ClO6/c22-16-7-3-14(4-8-16)12-20(24)27-13-18(23)15-5-9-17(10-6-15)28-21(25)19-2-1-11-26-19/h1-11H,12-13H2. The van der Waals surface area contributed by atoms with Crippen LogP contribution in [0.15, 0.2) is 71.3 Å². The van der Waals surface area contributed by atoms with E-state index >= 15 is 0 Å². The number of Topliss-reactive ketones (excluding diaryl/α,β-unsaturated/α-hetero) is 1. The maximum absolute atomic E-state index is 12.1. The topological polar surface area (TPSA) is 82.8 Å². The molecule has 3 rings (SSSR count). The maximum Gasteiger partial charge on any atom is 0.379 e. The van der Waals surface area contributed by atoms with Crippen LogP contribution in [-0.2, 0) is 16.0 Å². The normalized spacial score (nSPS) is 10.3. The van der Waals surface area contributed by atoms with Crippen LogP contribution in [0.3, 0.4) is 0 Å². The Hall–Kier alpha value is -3.38. The van der Waals surface area contributed by atoms with Crippen molar-refractivity contribution in [1.82, 2.24) is 0 Å². The van der Waals surface area contributed by atoms with Crippen molar-refractivity contribution in [2.45, 2.75) is 6.42 Å². The first-order chi connectivity index (χ1) is 13.5. The van der Waals surface area contributed by atoms with Gasteiger partial charge in [-0.1, -0.05) is 23.7 Å². The van der Waals surface area contributed by atoms with Crippen molar-refractivity contribution in [2.75, 3.05) is 6.61 Å². The molecule has 0 bridgehead atoms. The van der Waals surface area contributed by atoms with Gasteiger partial charge in [-0.2, -0.15) is 0 Å². The van der Waals surface area contributed by atoms with Crippen LogP contribution in [0.5, 0.6) is 5.75 Å². The summed E-state index contributed by atoms with van der Waals surface area (Å²) >= 11 is 5.79. The average Bonchev–Trinajstić information content (AvgIpc) is 3.23. The molecule has 0 saturated heterocycles. The number of benzene rings is 2. The van der Waals surface area contributed by atoms with Gasteiger partial charge in [0.05, 0.1) is 12.7 Å². The monoisotopic (exact) mass is 398 g/mol. The first-order valence-corrected chi connectivity index (χ1v) is 8.68. The van der Waals surface area contributed by atoms with Crippen LogP contribution in [0, 0.1) is 0 Å². The SMILES string of the molecule is O=C(Cc1ccc(Cl)cc1)OCC(=O)c1ccc(OC(=O)c2ccco2)cc1. The van der Waals surface area contributed by atoms with Gasteiger partial charge in [0.15, 0.2) is 12.4 Å². The van der Waals surface area contributed by atoms with Crippen molar-refractivity contribution in [3.05, 3.63) is 88.8 Å². The largest absolute Gasteiger partial charge is 0.457 e. The van der Waals surface area contributed by atoms with Crippen molar-refractivity contribution in [2.24, 2.45) is 0 Å². The maximum atomic E-state index is 12.1. The lowest BCUT2D eigenvalue weighted by Crippen LogP contribution is -2.15. The van der Waals surface area contributed by atoms with Crippen molar-refractivity contribution < 1.29 is 28.3 Å². The zero-order valence-corrected chi connectivity index (χ0v) is 15.3. The summed E-state index contributed by atoms with van der Waals surface area (Å²) in [5.41, 5.74) is 1.07. The molecule has 7 heteroatoms. The lowest BCUT2D eigenvalue weighted by molar-refractivity contribution is -0.141. The zero-order valence-electron chi connectivity index (χ0n) is 14.6. The lowest BCUT2D eigenvalue weighted by atomic mass is 10.1. The molecule has 0 atom stereocenters. The number of hydrogen-bond acceptors (Lipinski definition) is 6. The van der Waals surface area contributed by atoms with Gasteiger partial charge in [0.2, 0.25) is 5.76 Å². The summed E-state index contributed by atoms with van der Waals surface area (Å²) in [6.07, 6.45) is 1.42. The summed E-state index contributed by atoms with van der Waals surface area (Å²) < 4.78 is 15.1. The second-order valence-electron chi connectivity index (χ2n) is 5.78. The minimum absolute atomic E-state index is 0.0477. The van der Waals surface area contributed by atoms with Gasteiger partial charge < -0.3 is 13.9 Å². The molecule has 0 aliphatic rings. The fourth-order valence-corrected chi connectivity index (χ4v) is 2.44. The summed E-state index contributed by atoms with van der Waals surface area (Å²) in [6, 6.07) is 15.8. The molecule has 28 heavy (non-hydrogen) atoms. The molecule has 1 aromatic heterocycles. The van der Waals surface area contributed by atoms with Crippen LogP contribution in [0.1, 0.15) is 26.5 Å². The van der Waals surface area contributed by atoms with Crippen LogP contribution >= 0.6 is 11.6 Å². The fraction of sp³-hybridized carbons (Fsp3) is 0.0952. The predicted molar refractivity (Wildman–Crippen MR) is 101 cm³/mol. The number of halogens is 1. The van der Waals surface area contributed by atoms with E-state index in [0.29, 0.717) is 10.6 Å². The summed E-state index contributed by atoms with van der Waals surface area (Å²) in [7, 11) is 0. The van der Waals surface area contributed by atoms with E-state index in [-0.39, 0.29) is 30.3 Å². The second-order valence-corrected chi connectivity index (χ2v) is 6.21. The van der Waals surface area contributed by atoms with Gasteiger partial charge in [-0.05, 0) is 54.1 Å². The average molecular weight is 399 g/mol. The van der Waals surface area contributed by atoms with Gasteiger partial charge in [-0.25, -0.2) is 4.79 Å². The summed E-state index contributed by atoms with van der Waals surface area (Å²) in [4.78, 5) is 35.8. The third-order valence-corrected chi connectivity index (χ3v) is 3.99. The minimum atomic E-state index is -0.639. The van der Waals surface area contributed by atoms with E-state index in [1.807, 2.05) is 0 Å². The highest BCUT2D eigenvalue weighted by molar-refractivity contribution is 6.30. The van der Waals surface area contributed by atoms with Gasteiger partial charge >= 0.3 is 11.9 Å². The van der Waals surface area contributed by atoms with Crippen molar-refractivity contribution >= 4 is 29.3 Å². The molecule has 2 aromatic carbocycles. The Kier molecular flexibility index (Phi) is 6.24. The predicted octanol–water partition coefficient (Wildman–Crippen LogP) is 4.12. The molecule has 0 N–H and O–H groups in total. The number of ketones is 1. The zero-order chi connectivity index (χ0) is 19.9. The van der Waals surface area contributed by atoms with Gasteiger partial charge in [-0.3, -0.25) is 9.59 Å². The van der Waals surface area contributed by atoms with Crippen LogP contribution in [-0.4, -0.2) is 24.3 Å². The molecular formula is C21H15ClO6. The molecular weight excluding hydrogens is 384 g/mol. The van der Waals surface area contributed by atoms with E-state index in [2.05, 4.69) is 0 Å². The third kappa shape index (κ3) is 5.31. The summed E-state index contributed by atoms with van der Waals surface area (Å²) in [5.74, 6) is -1.18. The molecule has 0 radical (unpaired) electrons. The van der Waals surface area contributed by atoms with Gasteiger partial charge in [0.25, 0.3) is 0 Å². The highest BCUT2D eigenvalue weighted by Crippen LogP contribution is 2.15. The van der Waals surface area contributed by atoms with Crippen molar-refractivity contribution in [3.8, 4) is 5.75 Å². The fourth-order valence-electron chi connectivity index (χ4n) is 2.31. The molecule has 0 fully saturated rings. The van der Waals surface area contributed by atoms with E-state index < -0.39 is 11.9 Å².